The summed E-state index contributed by atoms with van der Waals surface area (Å²) in [5.41, 5.74) is 4.75. The number of benzene rings is 3. The summed E-state index contributed by atoms with van der Waals surface area (Å²) >= 11 is 0. The van der Waals surface area contributed by atoms with Crippen molar-refractivity contribution in [2.24, 2.45) is 0 Å². The third-order valence-electron chi connectivity index (χ3n) is 5.55. The van der Waals surface area contributed by atoms with Crippen LogP contribution in [0.25, 0.3) is 0 Å². The Morgan fingerprint density at radius 1 is 1.00 bits per heavy atom. The summed E-state index contributed by atoms with van der Waals surface area (Å²) in [6.07, 6.45) is 1.05. The van der Waals surface area contributed by atoms with Crippen LogP contribution >= 0.6 is 0 Å². The summed E-state index contributed by atoms with van der Waals surface area (Å²) in [6.45, 7) is 4.78. The maximum Gasteiger partial charge on any atom is 0.265 e. The highest BCUT2D eigenvalue weighted by Crippen LogP contribution is 2.34. The van der Waals surface area contributed by atoms with E-state index in [2.05, 4.69) is 5.32 Å². The zero-order valence-corrected chi connectivity index (χ0v) is 19.0. The molecule has 1 aliphatic rings. The first-order chi connectivity index (χ1) is 16.0. The van der Waals surface area contributed by atoms with Gasteiger partial charge in [-0.3, -0.25) is 9.59 Å². The molecule has 4 rings (SSSR count). The minimum Gasteiger partial charge on any atom is -0.492 e. The number of nitrogens with zero attached hydrogens (tertiary/aromatic N) is 1. The highest BCUT2D eigenvalue weighted by atomic mass is 16.5. The van der Waals surface area contributed by atoms with Crippen molar-refractivity contribution < 1.29 is 19.1 Å². The summed E-state index contributed by atoms with van der Waals surface area (Å²) in [6, 6.07) is 21.3. The monoisotopic (exact) mass is 444 g/mol. The second-order valence-electron chi connectivity index (χ2n) is 8.21. The third kappa shape index (κ3) is 5.92. The lowest BCUT2D eigenvalue weighted by atomic mass is 10.1. The van der Waals surface area contributed by atoms with Crippen LogP contribution in [0.15, 0.2) is 66.7 Å². The van der Waals surface area contributed by atoms with E-state index in [9.17, 15) is 9.59 Å². The number of amides is 2. The number of aryl methyl sites for hydroxylation is 3. The number of hydrogen-bond acceptors (Lipinski definition) is 4. The van der Waals surface area contributed by atoms with Gasteiger partial charge >= 0.3 is 0 Å². The van der Waals surface area contributed by atoms with Crippen molar-refractivity contribution in [3.63, 3.8) is 0 Å². The molecule has 3 aromatic carbocycles. The Labute approximate surface area is 194 Å². The van der Waals surface area contributed by atoms with Gasteiger partial charge in [-0.1, -0.05) is 47.5 Å². The summed E-state index contributed by atoms with van der Waals surface area (Å²) in [5.74, 6) is 1.16. The van der Waals surface area contributed by atoms with Crippen molar-refractivity contribution in [1.82, 2.24) is 0 Å². The Hall–Kier alpha value is -3.80. The summed E-state index contributed by atoms with van der Waals surface area (Å²) in [7, 11) is 0. The average molecular weight is 445 g/mol. The van der Waals surface area contributed by atoms with Gasteiger partial charge in [0, 0.05) is 12.1 Å². The molecule has 0 aliphatic carbocycles. The highest BCUT2D eigenvalue weighted by molar-refractivity contribution is 5.99. The van der Waals surface area contributed by atoms with E-state index in [1.165, 1.54) is 5.56 Å². The zero-order valence-electron chi connectivity index (χ0n) is 19.0. The Balaban J connectivity index is 1.37. The van der Waals surface area contributed by atoms with Crippen molar-refractivity contribution in [3.8, 4) is 11.5 Å². The standard InChI is InChI=1S/C27H28N2O4/c1-19-3-7-21(8-4-19)9-14-26(30)28-22-10-13-25-24(17-22)29(27(31)18-33-25)15-16-32-23-11-5-20(2)6-12-23/h3-8,10-13,17H,9,14-16,18H2,1-2H3,(H,28,30). The fourth-order valence-electron chi connectivity index (χ4n) is 3.65. The molecule has 33 heavy (non-hydrogen) atoms. The van der Waals surface area contributed by atoms with E-state index in [4.69, 9.17) is 9.47 Å². The lowest BCUT2D eigenvalue weighted by Crippen LogP contribution is -2.41. The van der Waals surface area contributed by atoms with E-state index in [0.717, 1.165) is 16.9 Å². The molecule has 0 fully saturated rings. The Bertz CT molecular complexity index is 1120. The molecular weight excluding hydrogens is 416 g/mol. The van der Waals surface area contributed by atoms with E-state index in [1.807, 2.05) is 62.4 Å². The minimum absolute atomic E-state index is 0.0141. The molecule has 170 valence electrons. The zero-order chi connectivity index (χ0) is 23.2. The first kappa shape index (κ1) is 22.4. The van der Waals surface area contributed by atoms with Gasteiger partial charge in [-0.2, -0.15) is 0 Å². The number of carbonyl (C=O) groups excluding carboxylic acids is 2. The number of carbonyl (C=O) groups is 2. The van der Waals surface area contributed by atoms with Crippen molar-refractivity contribution in [2.45, 2.75) is 26.7 Å². The van der Waals surface area contributed by atoms with Crippen molar-refractivity contribution in [3.05, 3.63) is 83.4 Å². The molecule has 6 nitrogen and oxygen atoms in total. The number of rotatable bonds is 8. The minimum atomic E-state index is -0.141. The molecule has 1 N–H and O–H groups in total. The van der Waals surface area contributed by atoms with Crippen LogP contribution in [0.4, 0.5) is 11.4 Å². The van der Waals surface area contributed by atoms with Gasteiger partial charge in [0.05, 0.1) is 12.2 Å². The first-order valence-electron chi connectivity index (χ1n) is 11.1. The van der Waals surface area contributed by atoms with Gasteiger partial charge in [-0.15, -0.1) is 0 Å². The fourth-order valence-corrected chi connectivity index (χ4v) is 3.65. The maximum absolute atomic E-state index is 12.5. The van der Waals surface area contributed by atoms with Gasteiger partial charge < -0.3 is 19.7 Å². The van der Waals surface area contributed by atoms with Crippen molar-refractivity contribution in [1.29, 1.82) is 0 Å². The molecule has 0 saturated carbocycles. The van der Waals surface area contributed by atoms with Crippen LogP contribution in [0.3, 0.4) is 0 Å². The number of fused-ring (bicyclic) bond motifs is 1. The Morgan fingerprint density at radius 2 is 1.70 bits per heavy atom. The van der Waals surface area contributed by atoms with E-state index >= 15 is 0 Å². The van der Waals surface area contributed by atoms with E-state index in [-0.39, 0.29) is 18.4 Å². The largest absolute Gasteiger partial charge is 0.492 e. The van der Waals surface area contributed by atoms with Crippen LogP contribution in [0, 0.1) is 13.8 Å². The summed E-state index contributed by atoms with van der Waals surface area (Å²) in [4.78, 5) is 26.6. The normalized spacial score (nSPS) is 12.7. The number of nitrogens with one attached hydrogen (secondary N) is 1. The maximum atomic E-state index is 12.5. The van der Waals surface area contributed by atoms with Crippen LogP contribution in [-0.4, -0.2) is 31.6 Å². The van der Waals surface area contributed by atoms with Crippen LogP contribution in [-0.2, 0) is 16.0 Å². The van der Waals surface area contributed by atoms with Crippen LogP contribution in [0.2, 0.25) is 0 Å². The average Bonchev–Trinajstić information content (AvgIpc) is 2.81. The topological polar surface area (TPSA) is 67.9 Å². The number of anilines is 2. The lowest BCUT2D eigenvalue weighted by molar-refractivity contribution is -0.121. The van der Waals surface area contributed by atoms with E-state index in [1.54, 1.807) is 23.1 Å². The molecule has 0 atom stereocenters. The second kappa shape index (κ2) is 10.2. The van der Waals surface area contributed by atoms with E-state index < -0.39 is 0 Å². The molecule has 0 radical (unpaired) electrons. The van der Waals surface area contributed by atoms with Crippen LogP contribution in [0.5, 0.6) is 11.5 Å². The SMILES string of the molecule is Cc1ccc(CCC(=O)Nc2ccc3c(c2)N(CCOc2ccc(C)cc2)C(=O)CO3)cc1. The highest BCUT2D eigenvalue weighted by Gasteiger charge is 2.26. The molecule has 0 bridgehead atoms. The molecule has 1 heterocycles. The molecule has 3 aromatic rings. The quantitative estimate of drug-likeness (QED) is 0.548. The van der Waals surface area contributed by atoms with Crippen molar-refractivity contribution >= 4 is 23.2 Å². The predicted molar refractivity (Wildman–Crippen MR) is 129 cm³/mol. The van der Waals surface area contributed by atoms with Crippen LogP contribution in [0.1, 0.15) is 23.1 Å². The number of hydrogen-bond donors (Lipinski definition) is 1. The van der Waals surface area contributed by atoms with Gasteiger partial charge in [0.1, 0.15) is 18.1 Å². The van der Waals surface area contributed by atoms with Crippen molar-refractivity contribution in [2.75, 3.05) is 30.0 Å². The third-order valence-corrected chi connectivity index (χ3v) is 5.55. The van der Waals surface area contributed by atoms with Gasteiger partial charge in [-0.05, 0) is 56.2 Å². The molecule has 0 spiro atoms. The molecule has 0 saturated heterocycles. The van der Waals surface area contributed by atoms with Gasteiger partial charge in [-0.25, -0.2) is 0 Å². The molecule has 0 unspecified atom stereocenters. The van der Waals surface area contributed by atoms with Gasteiger partial charge in [0.15, 0.2) is 6.61 Å². The Morgan fingerprint density at radius 3 is 2.42 bits per heavy atom. The molecular formula is C27H28N2O4. The second-order valence-corrected chi connectivity index (χ2v) is 8.21. The predicted octanol–water partition coefficient (Wildman–Crippen LogP) is 4.68. The lowest BCUT2D eigenvalue weighted by Gasteiger charge is -2.29. The fraction of sp³-hybridized carbons (Fsp3) is 0.259. The molecule has 2 amide bonds. The molecule has 0 aromatic heterocycles. The first-order valence-corrected chi connectivity index (χ1v) is 11.1. The number of ether oxygens (including phenoxy) is 2. The smallest absolute Gasteiger partial charge is 0.265 e. The summed E-state index contributed by atoms with van der Waals surface area (Å²) < 4.78 is 11.4. The Kier molecular flexibility index (Phi) is 6.93. The van der Waals surface area contributed by atoms with Gasteiger partial charge in [0.2, 0.25) is 5.91 Å². The van der Waals surface area contributed by atoms with Gasteiger partial charge in [0.25, 0.3) is 5.91 Å². The summed E-state index contributed by atoms with van der Waals surface area (Å²) in [5, 5.41) is 2.93. The van der Waals surface area contributed by atoms with E-state index in [0.29, 0.717) is 43.1 Å². The van der Waals surface area contributed by atoms with Crippen LogP contribution < -0.4 is 19.7 Å². The molecule has 1 aliphatic heterocycles. The molecule has 6 heteroatoms.